The molecule has 7 aromatic rings. The molecule has 0 amide bonds. The van der Waals surface area contributed by atoms with E-state index in [0.717, 1.165) is 51.1 Å². The summed E-state index contributed by atoms with van der Waals surface area (Å²) in [6, 6.07) is 45.2. The van der Waals surface area contributed by atoms with E-state index in [4.69, 9.17) is 4.42 Å². The van der Waals surface area contributed by atoms with Crippen molar-refractivity contribution in [3.63, 3.8) is 0 Å². The Labute approximate surface area is 250 Å². The zero-order valence-electron chi connectivity index (χ0n) is 23.8. The Morgan fingerprint density at radius 1 is 0.674 bits per heavy atom. The van der Waals surface area contributed by atoms with Crippen molar-refractivity contribution in [3.8, 4) is 17.0 Å². The first-order valence-corrected chi connectivity index (χ1v) is 15.0. The third-order valence-corrected chi connectivity index (χ3v) is 9.00. The van der Waals surface area contributed by atoms with E-state index < -0.39 is 0 Å². The fourth-order valence-corrected chi connectivity index (χ4v) is 7.07. The second-order valence-corrected chi connectivity index (χ2v) is 11.4. The first kappa shape index (κ1) is 24.2. The summed E-state index contributed by atoms with van der Waals surface area (Å²) in [5.41, 5.74) is 12.4. The molecule has 0 radical (unpaired) electrons. The number of nitrogens with zero attached hydrogens (tertiary/aromatic N) is 2. The Kier molecular flexibility index (Phi) is 5.23. The van der Waals surface area contributed by atoms with Crippen molar-refractivity contribution in [1.82, 2.24) is 4.57 Å². The van der Waals surface area contributed by atoms with Gasteiger partial charge in [-0.3, -0.25) is 0 Å². The molecule has 2 unspecified atom stereocenters. The van der Waals surface area contributed by atoms with E-state index in [2.05, 4.69) is 154 Å². The van der Waals surface area contributed by atoms with E-state index in [0.29, 0.717) is 0 Å². The van der Waals surface area contributed by atoms with E-state index in [1.807, 2.05) is 0 Å². The molecular weight excluding hydrogens is 528 g/mol. The van der Waals surface area contributed by atoms with Gasteiger partial charge in [0.2, 0.25) is 0 Å². The molecule has 0 spiro atoms. The largest absolute Gasteiger partial charge is 0.453 e. The van der Waals surface area contributed by atoms with Gasteiger partial charge in [-0.05, 0) is 72.6 Å². The van der Waals surface area contributed by atoms with Crippen LogP contribution in [0.15, 0.2) is 132 Å². The lowest BCUT2D eigenvalue weighted by molar-refractivity contribution is 0.626. The van der Waals surface area contributed by atoms with Crippen molar-refractivity contribution >= 4 is 44.8 Å². The van der Waals surface area contributed by atoms with E-state index in [1.54, 1.807) is 0 Å². The first-order chi connectivity index (χ1) is 21.3. The Morgan fingerprint density at radius 2 is 1.37 bits per heavy atom. The Morgan fingerprint density at radius 3 is 2.21 bits per heavy atom. The maximum atomic E-state index is 6.88. The monoisotopic (exact) mass is 558 g/mol. The normalized spacial score (nSPS) is 16.9. The number of hydrogen-bond acceptors (Lipinski definition) is 4. The second kappa shape index (κ2) is 9.30. The molecule has 43 heavy (non-hydrogen) atoms. The van der Waals surface area contributed by atoms with Gasteiger partial charge in [-0.15, -0.1) is 0 Å². The summed E-state index contributed by atoms with van der Waals surface area (Å²) in [6.45, 7) is 2.23. The molecule has 9 rings (SSSR count). The van der Waals surface area contributed by atoms with Gasteiger partial charge in [0.05, 0.1) is 34.0 Å². The van der Waals surface area contributed by atoms with E-state index in [1.165, 1.54) is 28.2 Å². The highest BCUT2D eigenvalue weighted by molar-refractivity contribution is 6.10. The summed E-state index contributed by atoms with van der Waals surface area (Å²) >= 11 is 0. The summed E-state index contributed by atoms with van der Waals surface area (Å²) in [5, 5.41) is 8.65. The molecule has 0 aliphatic carbocycles. The molecule has 5 nitrogen and oxygen atoms in total. The van der Waals surface area contributed by atoms with Crippen molar-refractivity contribution in [2.75, 3.05) is 15.5 Å². The molecule has 2 aromatic heterocycles. The van der Waals surface area contributed by atoms with Crippen LogP contribution in [0, 0.1) is 0 Å². The number of anilines is 4. The minimum atomic E-state index is -0.0489. The number of fused-ring (bicyclic) bond motifs is 8. The third-order valence-electron chi connectivity index (χ3n) is 9.00. The van der Waals surface area contributed by atoms with E-state index >= 15 is 0 Å². The average Bonchev–Trinajstić information content (AvgIpc) is 3.74. The highest BCUT2D eigenvalue weighted by Gasteiger charge is 2.34. The van der Waals surface area contributed by atoms with Gasteiger partial charge in [0.25, 0.3) is 0 Å². The van der Waals surface area contributed by atoms with E-state index in [-0.39, 0.29) is 12.2 Å². The molecular formula is C38H30N4O. The number of hydrogen-bond donors (Lipinski definition) is 2. The Bertz CT molecular complexity index is 2140. The topological polar surface area (TPSA) is 45.4 Å². The third kappa shape index (κ3) is 3.51. The molecule has 2 aliphatic rings. The van der Waals surface area contributed by atoms with Crippen molar-refractivity contribution in [2.24, 2.45) is 0 Å². The van der Waals surface area contributed by atoms with Crippen LogP contribution in [0.25, 0.3) is 39.0 Å². The molecule has 2 aliphatic heterocycles. The molecule has 5 heteroatoms. The van der Waals surface area contributed by atoms with Crippen LogP contribution in [-0.4, -0.2) is 10.7 Å². The molecule has 0 saturated heterocycles. The van der Waals surface area contributed by atoms with Gasteiger partial charge in [-0.2, -0.15) is 0 Å². The number of para-hydroxylation sites is 4. The van der Waals surface area contributed by atoms with Crippen LogP contribution in [0.2, 0.25) is 0 Å². The van der Waals surface area contributed by atoms with Crippen molar-refractivity contribution < 1.29 is 4.42 Å². The molecule has 0 fully saturated rings. The average molecular weight is 559 g/mol. The lowest BCUT2D eigenvalue weighted by atomic mass is 9.91. The fraction of sp³-hybridized carbons (Fsp3) is 0.105. The highest BCUT2D eigenvalue weighted by Crippen LogP contribution is 2.50. The van der Waals surface area contributed by atoms with Crippen LogP contribution in [0.5, 0.6) is 0 Å². The van der Waals surface area contributed by atoms with Crippen LogP contribution < -0.4 is 15.5 Å². The predicted octanol–water partition coefficient (Wildman–Crippen LogP) is 9.86. The van der Waals surface area contributed by atoms with Gasteiger partial charge in [-0.25, -0.2) is 0 Å². The molecule has 4 heterocycles. The molecule has 208 valence electrons. The minimum Gasteiger partial charge on any atom is -0.453 e. The number of furan rings is 1. The van der Waals surface area contributed by atoms with Crippen LogP contribution in [0.4, 0.5) is 22.7 Å². The van der Waals surface area contributed by atoms with Gasteiger partial charge < -0.3 is 24.5 Å². The zero-order chi connectivity index (χ0) is 28.5. The molecule has 0 bridgehead atoms. The van der Waals surface area contributed by atoms with Gasteiger partial charge >= 0.3 is 0 Å². The predicted molar refractivity (Wildman–Crippen MR) is 177 cm³/mol. The Balaban J connectivity index is 1.27. The van der Waals surface area contributed by atoms with Crippen molar-refractivity contribution in [2.45, 2.75) is 25.6 Å². The SMILES string of the molecule is CCC1Nc2ccccc2N1c1ccc(-n2c3ccccc3c3oc4c(c32)C(c2ccccc2)Nc2ccccc2-4)cc1. The summed E-state index contributed by atoms with van der Waals surface area (Å²) in [6.07, 6.45) is 1.22. The van der Waals surface area contributed by atoms with Crippen LogP contribution in [-0.2, 0) is 0 Å². The van der Waals surface area contributed by atoms with Crippen LogP contribution in [0.1, 0.15) is 30.5 Å². The second-order valence-electron chi connectivity index (χ2n) is 11.4. The van der Waals surface area contributed by atoms with Crippen LogP contribution in [0.3, 0.4) is 0 Å². The number of rotatable bonds is 4. The summed E-state index contributed by atoms with van der Waals surface area (Å²) < 4.78 is 9.26. The van der Waals surface area contributed by atoms with Gasteiger partial charge in [0, 0.05) is 28.0 Å². The summed E-state index contributed by atoms with van der Waals surface area (Å²) in [4.78, 5) is 2.41. The number of nitrogens with one attached hydrogen (secondary N) is 2. The first-order valence-electron chi connectivity index (χ1n) is 15.0. The van der Waals surface area contributed by atoms with Gasteiger partial charge in [0.1, 0.15) is 11.9 Å². The smallest absolute Gasteiger partial charge is 0.161 e. The van der Waals surface area contributed by atoms with Gasteiger partial charge in [-0.1, -0.05) is 73.7 Å². The maximum Gasteiger partial charge on any atom is 0.161 e. The zero-order valence-corrected chi connectivity index (χ0v) is 23.8. The van der Waals surface area contributed by atoms with E-state index in [9.17, 15) is 0 Å². The minimum absolute atomic E-state index is 0.0489. The fourth-order valence-electron chi connectivity index (χ4n) is 7.07. The highest BCUT2D eigenvalue weighted by atomic mass is 16.3. The Hall–Kier alpha value is -5.42. The molecule has 2 atom stereocenters. The van der Waals surface area contributed by atoms with Crippen molar-refractivity contribution in [1.29, 1.82) is 0 Å². The lowest BCUT2D eigenvalue weighted by Crippen LogP contribution is -2.30. The van der Waals surface area contributed by atoms with Crippen LogP contribution >= 0.6 is 0 Å². The van der Waals surface area contributed by atoms with Crippen molar-refractivity contribution in [3.05, 3.63) is 139 Å². The quantitative estimate of drug-likeness (QED) is 0.226. The number of aromatic nitrogens is 1. The standard InChI is InChI=1S/C38H30N4O/c1-2-33-39-30-17-9-11-19-32(30)41(33)25-20-22-26(23-21-25)42-31-18-10-7-15-28(31)38-36(42)34-35(24-12-4-3-5-13-24)40-29-16-8-6-14-27(29)37(34)43-38/h3-23,33,35,39-40H,2H2,1H3. The lowest BCUT2D eigenvalue weighted by Gasteiger charge is -2.28. The maximum absolute atomic E-state index is 6.88. The number of benzene rings is 5. The molecule has 0 saturated carbocycles. The van der Waals surface area contributed by atoms with Gasteiger partial charge in [0.15, 0.2) is 5.58 Å². The molecule has 5 aromatic carbocycles. The molecule has 2 N–H and O–H groups in total. The summed E-state index contributed by atoms with van der Waals surface area (Å²) in [7, 11) is 0. The summed E-state index contributed by atoms with van der Waals surface area (Å²) in [5.74, 6) is 0.940.